The first-order chi connectivity index (χ1) is 17.0. The molecule has 0 spiro atoms. The summed E-state index contributed by atoms with van der Waals surface area (Å²) in [4.78, 5) is 33.7. The van der Waals surface area contributed by atoms with E-state index in [1.165, 1.54) is 31.0 Å². The lowest BCUT2D eigenvalue weighted by Gasteiger charge is -2.18. The molecule has 7 nitrogen and oxygen atoms in total. The fraction of sp³-hybridized carbons (Fsp3) is 0.115. The molecule has 0 bridgehead atoms. The first-order valence-corrected chi connectivity index (χ1v) is 11.6. The number of halogens is 1. The number of nitrogens with one attached hydrogen (secondary N) is 1. The lowest BCUT2D eigenvalue weighted by atomic mass is 10.0. The molecule has 1 aromatic heterocycles. The van der Waals surface area contributed by atoms with Crippen molar-refractivity contribution in [2.24, 2.45) is 4.99 Å². The second-order valence-corrected chi connectivity index (χ2v) is 9.10. The van der Waals surface area contributed by atoms with Crippen molar-refractivity contribution in [1.82, 2.24) is 9.55 Å². The Hall–Kier alpha value is -4.11. The second kappa shape index (κ2) is 9.27. The topological polar surface area (TPSA) is 96.7 Å². The Morgan fingerprint density at radius 3 is 2.54 bits per heavy atom. The van der Waals surface area contributed by atoms with Crippen LogP contribution in [0.1, 0.15) is 22.8 Å². The third-order valence-corrected chi connectivity index (χ3v) is 7.03. The predicted molar refractivity (Wildman–Crippen MR) is 133 cm³/mol. The maximum Gasteiger partial charge on any atom is 0.335 e. The van der Waals surface area contributed by atoms with Crippen molar-refractivity contribution >= 4 is 23.2 Å². The van der Waals surface area contributed by atoms with Crippen molar-refractivity contribution in [2.45, 2.75) is 16.6 Å². The Balaban J connectivity index is 1.72. The molecule has 176 valence electrons. The largest absolute Gasteiger partial charge is 0.495 e. The molecule has 0 saturated carbocycles. The average Bonchev–Trinajstić information content (AvgIpc) is 3.04. The van der Waals surface area contributed by atoms with E-state index in [0.29, 0.717) is 17.1 Å². The Morgan fingerprint density at radius 2 is 1.77 bits per heavy atom. The Kier molecular flexibility index (Phi) is 6.00. The lowest BCUT2D eigenvalue weighted by molar-refractivity contribution is 0.401. The molecule has 9 heteroatoms. The zero-order chi connectivity index (χ0) is 24.5. The van der Waals surface area contributed by atoms with Crippen LogP contribution < -0.4 is 16.0 Å². The van der Waals surface area contributed by atoms with Crippen molar-refractivity contribution < 1.29 is 14.2 Å². The van der Waals surface area contributed by atoms with Crippen molar-refractivity contribution in [3.05, 3.63) is 111 Å². The van der Waals surface area contributed by atoms with Crippen molar-refractivity contribution in [2.75, 3.05) is 7.11 Å². The highest BCUT2D eigenvalue weighted by molar-refractivity contribution is 7.99. The molecule has 1 atom stereocenters. The standard InChI is InChI=1S/C26H20FN3O4S/c1-34-20-8-4-3-7-19(20)30-25(32)23(24(31)29-26(30)33)18-14-22(15-10-12-16(27)13-11-15)35-21-9-5-2-6-17(21)28-18/h2-13,22,32H,14H2,1H3,(H,29,31,33)/t22-/m1/s1. The molecule has 2 N–H and O–H groups in total. The second-order valence-electron chi connectivity index (χ2n) is 7.85. The number of fused-ring (bicyclic) bond motifs is 1. The van der Waals surface area contributed by atoms with Crippen molar-refractivity contribution in [3.8, 4) is 17.3 Å². The van der Waals surface area contributed by atoms with Crippen LogP contribution in [-0.2, 0) is 0 Å². The highest BCUT2D eigenvalue weighted by Gasteiger charge is 2.28. The Morgan fingerprint density at radius 1 is 1.06 bits per heavy atom. The van der Waals surface area contributed by atoms with E-state index in [-0.39, 0.29) is 28.7 Å². The van der Waals surface area contributed by atoms with Gasteiger partial charge in [-0.3, -0.25) is 14.8 Å². The molecule has 35 heavy (non-hydrogen) atoms. The lowest BCUT2D eigenvalue weighted by Crippen LogP contribution is -2.33. The number of rotatable bonds is 4. The number of methoxy groups -OCH3 is 1. The maximum atomic E-state index is 13.6. The number of para-hydroxylation sites is 3. The van der Waals surface area contributed by atoms with E-state index in [4.69, 9.17) is 9.73 Å². The molecule has 1 aliphatic rings. The van der Waals surface area contributed by atoms with Crippen molar-refractivity contribution in [3.63, 3.8) is 0 Å². The molecule has 0 aliphatic carbocycles. The van der Waals surface area contributed by atoms with Gasteiger partial charge in [-0.25, -0.2) is 13.8 Å². The number of ether oxygens (including phenoxy) is 1. The number of aromatic hydroxyl groups is 1. The molecular formula is C26H20FN3O4S. The number of hydrogen-bond donors (Lipinski definition) is 2. The minimum atomic E-state index is -0.806. The van der Waals surface area contributed by atoms with Gasteiger partial charge in [0.05, 0.1) is 24.2 Å². The van der Waals surface area contributed by atoms with Gasteiger partial charge < -0.3 is 9.84 Å². The summed E-state index contributed by atoms with van der Waals surface area (Å²) < 4.78 is 19.9. The van der Waals surface area contributed by atoms with Gasteiger partial charge in [-0.05, 0) is 42.0 Å². The number of aromatic nitrogens is 2. The van der Waals surface area contributed by atoms with E-state index in [2.05, 4.69) is 4.98 Å². The van der Waals surface area contributed by atoms with Crippen LogP contribution in [0.5, 0.6) is 11.6 Å². The molecule has 3 aromatic carbocycles. The van der Waals surface area contributed by atoms with E-state index in [1.807, 2.05) is 24.3 Å². The minimum absolute atomic E-state index is 0.111. The zero-order valence-corrected chi connectivity index (χ0v) is 19.4. The van der Waals surface area contributed by atoms with E-state index in [0.717, 1.165) is 15.0 Å². The Labute approximate surface area is 203 Å². The SMILES string of the molecule is COc1ccccc1-n1c(O)c(C2=Nc3ccccc3S[C@@H](c3ccc(F)cc3)C2)c(=O)[nH]c1=O. The summed E-state index contributed by atoms with van der Waals surface area (Å²) in [6.07, 6.45) is 0.256. The summed E-state index contributed by atoms with van der Waals surface area (Å²) >= 11 is 1.54. The summed E-state index contributed by atoms with van der Waals surface area (Å²) in [5, 5.41) is 11.0. The molecular weight excluding hydrogens is 469 g/mol. The number of aliphatic imine (C=N–C) groups is 1. The minimum Gasteiger partial charge on any atom is -0.495 e. The zero-order valence-electron chi connectivity index (χ0n) is 18.6. The normalized spacial score (nSPS) is 15.1. The molecule has 0 fully saturated rings. The summed E-state index contributed by atoms with van der Waals surface area (Å²) in [6.45, 7) is 0. The third-order valence-electron chi connectivity index (χ3n) is 5.71. The van der Waals surface area contributed by atoms with Gasteiger partial charge in [0.2, 0.25) is 5.88 Å². The molecule has 0 radical (unpaired) electrons. The molecule has 5 rings (SSSR count). The third kappa shape index (κ3) is 4.26. The number of H-pyrrole nitrogens is 1. The highest BCUT2D eigenvalue weighted by Crippen LogP contribution is 2.45. The molecule has 2 heterocycles. The van der Waals surface area contributed by atoms with Crippen LogP contribution in [0.4, 0.5) is 10.1 Å². The number of benzene rings is 3. The van der Waals surface area contributed by atoms with Crippen LogP contribution in [0.3, 0.4) is 0 Å². The van der Waals surface area contributed by atoms with Gasteiger partial charge in [-0.2, -0.15) is 0 Å². The molecule has 0 amide bonds. The fourth-order valence-corrected chi connectivity index (χ4v) is 5.29. The average molecular weight is 490 g/mol. The number of nitrogens with zero attached hydrogens (tertiary/aromatic N) is 2. The highest BCUT2D eigenvalue weighted by atomic mass is 32.2. The van der Waals surface area contributed by atoms with Crippen LogP contribution in [0, 0.1) is 5.82 Å². The van der Waals surface area contributed by atoms with Crippen LogP contribution in [0.2, 0.25) is 0 Å². The monoisotopic (exact) mass is 489 g/mol. The van der Waals surface area contributed by atoms with Crippen LogP contribution in [0.15, 0.2) is 92.3 Å². The van der Waals surface area contributed by atoms with E-state index >= 15 is 0 Å². The number of aromatic amines is 1. The summed E-state index contributed by atoms with van der Waals surface area (Å²) in [7, 11) is 1.45. The molecule has 1 aliphatic heterocycles. The summed E-state index contributed by atoms with van der Waals surface area (Å²) in [5.41, 5.74) is 0.383. The van der Waals surface area contributed by atoms with Crippen LogP contribution >= 0.6 is 11.8 Å². The predicted octanol–water partition coefficient (Wildman–Crippen LogP) is 4.74. The van der Waals surface area contributed by atoms with Gasteiger partial charge in [-0.15, -0.1) is 11.8 Å². The summed E-state index contributed by atoms with van der Waals surface area (Å²) in [6, 6.07) is 20.3. The van der Waals surface area contributed by atoms with Gasteiger partial charge in [-0.1, -0.05) is 36.4 Å². The van der Waals surface area contributed by atoms with Crippen LogP contribution in [0.25, 0.3) is 5.69 Å². The van der Waals surface area contributed by atoms with Gasteiger partial charge in [0.15, 0.2) is 0 Å². The smallest absolute Gasteiger partial charge is 0.335 e. The quantitative estimate of drug-likeness (QED) is 0.432. The van der Waals surface area contributed by atoms with Gasteiger partial charge in [0, 0.05) is 16.6 Å². The maximum absolute atomic E-state index is 13.6. The summed E-state index contributed by atoms with van der Waals surface area (Å²) in [5.74, 6) is -0.542. The molecule has 0 unspecified atom stereocenters. The molecule has 4 aromatic rings. The van der Waals surface area contributed by atoms with E-state index in [9.17, 15) is 19.1 Å². The number of hydrogen-bond acceptors (Lipinski definition) is 6. The van der Waals surface area contributed by atoms with Gasteiger partial charge in [0.1, 0.15) is 17.1 Å². The fourth-order valence-electron chi connectivity index (χ4n) is 4.06. The van der Waals surface area contributed by atoms with Crippen molar-refractivity contribution in [1.29, 1.82) is 0 Å². The first kappa shape index (κ1) is 22.7. The van der Waals surface area contributed by atoms with Gasteiger partial charge >= 0.3 is 5.69 Å². The van der Waals surface area contributed by atoms with Gasteiger partial charge in [0.25, 0.3) is 5.56 Å². The van der Waals surface area contributed by atoms with Crippen LogP contribution in [-0.4, -0.2) is 27.5 Å². The van der Waals surface area contributed by atoms with E-state index < -0.39 is 17.1 Å². The first-order valence-electron chi connectivity index (χ1n) is 10.8. The molecule has 0 saturated heterocycles. The Bertz CT molecular complexity index is 1560. The number of thioether (sulfide) groups is 1. The van der Waals surface area contributed by atoms with E-state index in [1.54, 1.807) is 36.4 Å².